The fourth-order valence-corrected chi connectivity index (χ4v) is 3.92. The van der Waals surface area contributed by atoms with Gasteiger partial charge in [0.1, 0.15) is 17.3 Å². The van der Waals surface area contributed by atoms with Crippen LogP contribution in [0.2, 0.25) is 0 Å². The van der Waals surface area contributed by atoms with Gasteiger partial charge in [-0.2, -0.15) is 0 Å². The number of morpholine rings is 1. The highest BCUT2D eigenvalue weighted by molar-refractivity contribution is 5.94. The van der Waals surface area contributed by atoms with E-state index < -0.39 is 11.6 Å². The molecule has 7 nitrogen and oxygen atoms in total. The Balaban J connectivity index is 1.34. The number of anilines is 1. The van der Waals surface area contributed by atoms with Gasteiger partial charge < -0.3 is 19.5 Å². The van der Waals surface area contributed by atoms with E-state index in [9.17, 15) is 13.6 Å². The first-order valence-corrected chi connectivity index (χ1v) is 11.1. The van der Waals surface area contributed by atoms with Gasteiger partial charge in [0.25, 0.3) is 5.91 Å². The Hall–Kier alpha value is -3.33. The summed E-state index contributed by atoms with van der Waals surface area (Å²) < 4.78 is 34.4. The lowest BCUT2D eigenvalue weighted by Gasteiger charge is -2.26. The molecule has 1 saturated heterocycles. The Morgan fingerprint density at radius 1 is 1.09 bits per heavy atom. The minimum atomic E-state index is -0.679. The Bertz CT molecular complexity index is 1140. The number of benzene rings is 1. The Morgan fingerprint density at radius 2 is 1.85 bits per heavy atom. The molecule has 1 saturated carbocycles. The summed E-state index contributed by atoms with van der Waals surface area (Å²) in [6, 6.07) is 5.15. The standard InChI is InChI=1S/C24H25F2N5O2/c25-20-4-3-17(21(26)10-20)11-27-23(32)22-9-18(15-31(22)14-16-1-2-16)19-12-28-24(29-13-19)30-5-7-33-8-6-30/h3-4,9-10,12-13,15-16H,1-2,5-8,11,14H2,(H,27,32). The molecule has 3 aromatic rings. The molecule has 33 heavy (non-hydrogen) atoms. The van der Waals surface area contributed by atoms with Crippen molar-refractivity contribution in [2.45, 2.75) is 25.9 Å². The van der Waals surface area contributed by atoms with E-state index in [1.807, 2.05) is 16.8 Å². The van der Waals surface area contributed by atoms with Crippen LogP contribution in [0.5, 0.6) is 0 Å². The molecule has 2 aliphatic rings. The predicted molar refractivity (Wildman–Crippen MR) is 119 cm³/mol. The summed E-state index contributed by atoms with van der Waals surface area (Å²) >= 11 is 0. The number of carbonyl (C=O) groups is 1. The van der Waals surface area contributed by atoms with Crippen LogP contribution in [0.25, 0.3) is 11.1 Å². The van der Waals surface area contributed by atoms with E-state index in [0.717, 1.165) is 49.7 Å². The van der Waals surface area contributed by atoms with E-state index in [4.69, 9.17) is 4.74 Å². The lowest BCUT2D eigenvalue weighted by molar-refractivity contribution is 0.0941. The molecule has 1 amide bonds. The number of aromatic nitrogens is 3. The average Bonchev–Trinajstić information content (AvgIpc) is 3.55. The van der Waals surface area contributed by atoms with Crippen molar-refractivity contribution in [1.82, 2.24) is 19.9 Å². The number of carbonyl (C=O) groups excluding carboxylic acids is 1. The molecule has 1 aliphatic heterocycles. The van der Waals surface area contributed by atoms with E-state index in [1.165, 1.54) is 12.1 Å². The first-order chi connectivity index (χ1) is 16.1. The topological polar surface area (TPSA) is 72.3 Å². The minimum Gasteiger partial charge on any atom is -0.378 e. The Morgan fingerprint density at radius 3 is 2.55 bits per heavy atom. The van der Waals surface area contributed by atoms with Crippen LogP contribution in [0.15, 0.2) is 42.9 Å². The zero-order valence-corrected chi connectivity index (χ0v) is 18.1. The number of nitrogens with zero attached hydrogens (tertiary/aromatic N) is 4. The zero-order chi connectivity index (χ0) is 22.8. The number of rotatable bonds is 7. The largest absolute Gasteiger partial charge is 0.378 e. The van der Waals surface area contributed by atoms with Crippen LogP contribution in [-0.2, 0) is 17.8 Å². The monoisotopic (exact) mass is 453 g/mol. The minimum absolute atomic E-state index is 0.0216. The molecule has 0 unspecified atom stereocenters. The van der Waals surface area contributed by atoms with Gasteiger partial charge in [-0.3, -0.25) is 4.79 Å². The summed E-state index contributed by atoms with van der Waals surface area (Å²) in [5.41, 5.74) is 2.40. The Kier molecular flexibility index (Phi) is 6.04. The summed E-state index contributed by atoms with van der Waals surface area (Å²) in [5, 5.41) is 2.75. The maximum absolute atomic E-state index is 13.9. The summed E-state index contributed by atoms with van der Waals surface area (Å²) in [7, 11) is 0. The number of halogens is 2. The molecular formula is C24H25F2N5O2. The van der Waals surface area contributed by atoms with Gasteiger partial charge in [-0.15, -0.1) is 0 Å². The van der Waals surface area contributed by atoms with Gasteiger partial charge in [0, 0.05) is 67.5 Å². The summed E-state index contributed by atoms with van der Waals surface area (Å²) in [6.45, 7) is 3.57. The van der Waals surface area contributed by atoms with Gasteiger partial charge in [-0.25, -0.2) is 18.7 Å². The van der Waals surface area contributed by atoms with Crippen LogP contribution in [0, 0.1) is 17.6 Å². The SMILES string of the molecule is O=C(NCc1ccc(F)cc1F)c1cc(-c2cnc(N3CCOCC3)nc2)cn1CC1CC1. The van der Waals surface area contributed by atoms with E-state index in [1.54, 1.807) is 12.4 Å². The molecule has 2 aromatic heterocycles. The second kappa shape index (κ2) is 9.27. The van der Waals surface area contributed by atoms with Gasteiger partial charge >= 0.3 is 0 Å². The predicted octanol–water partition coefficient (Wildman–Crippen LogP) is 3.40. The zero-order valence-electron chi connectivity index (χ0n) is 18.1. The van der Waals surface area contributed by atoms with Crippen molar-refractivity contribution in [3.05, 3.63) is 65.7 Å². The molecule has 1 aliphatic carbocycles. The van der Waals surface area contributed by atoms with Gasteiger partial charge in [-0.05, 0) is 30.9 Å². The molecule has 172 valence electrons. The van der Waals surface area contributed by atoms with Gasteiger partial charge in [0.2, 0.25) is 5.95 Å². The first-order valence-electron chi connectivity index (χ1n) is 11.1. The average molecular weight is 453 g/mol. The smallest absolute Gasteiger partial charge is 0.268 e. The third-order valence-corrected chi connectivity index (χ3v) is 6.00. The molecule has 0 spiro atoms. The molecule has 9 heteroatoms. The lowest BCUT2D eigenvalue weighted by Crippen LogP contribution is -2.37. The van der Waals surface area contributed by atoms with Crippen LogP contribution in [0.4, 0.5) is 14.7 Å². The molecule has 1 aromatic carbocycles. The molecule has 0 radical (unpaired) electrons. The second-order valence-electron chi connectivity index (χ2n) is 8.50. The third kappa shape index (κ3) is 5.03. The number of hydrogen-bond acceptors (Lipinski definition) is 5. The van der Waals surface area contributed by atoms with Crippen LogP contribution in [0.1, 0.15) is 28.9 Å². The van der Waals surface area contributed by atoms with E-state index in [0.29, 0.717) is 30.8 Å². The maximum Gasteiger partial charge on any atom is 0.268 e. The number of ether oxygens (including phenoxy) is 1. The van der Waals surface area contributed by atoms with Crippen LogP contribution < -0.4 is 10.2 Å². The van der Waals surface area contributed by atoms with Crippen molar-refractivity contribution < 1.29 is 18.3 Å². The number of hydrogen-bond donors (Lipinski definition) is 1. The van der Waals surface area contributed by atoms with E-state index >= 15 is 0 Å². The summed E-state index contributed by atoms with van der Waals surface area (Å²) in [5.74, 6) is -0.407. The maximum atomic E-state index is 13.9. The van der Waals surface area contributed by atoms with Crippen LogP contribution in [-0.4, -0.2) is 46.7 Å². The highest BCUT2D eigenvalue weighted by Crippen LogP contribution is 2.32. The molecular weight excluding hydrogens is 428 g/mol. The third-order valence-electron chi connectivity index (χ3n) is 6.00. The molecule has 2 fully saturated rings. The van der Waals surface area contributed by atoms with Crippen molar-refractivity contribution in [2.24, 2.45) is 5.92 Å². The second-order valence-corrected chi connectivity index (χ2v) is 8.50. The highest BCUT2D eigenvalue weighted by atomic mass is 19.1. The molecule has 0 atom stereocenters. The normalized spacial score (nSPS) is 16.1. The van der Waals surface area contributed by atoms with E-state index in [-0.39, 0.29) is 18.0 Å². The van der Waals surface area contributed by atoms with Crippen molar-refractivity contribution in [1.29, 1.82) is 0 Å². The van der Waals surface area contributed by atoms with E-state index in [2.05, 4.69) is 20.2 Å². The lowest BCUT2D eigenvalue weighted by atomic mass is 10.2. The fraction of sp³-hybridized carbons (Fsp3) is 0.375. The van der Waals surface area contributed by atoms with Crippen molar-refractivity contribution in [3.8, 4) is 11.1 Å². The molecule has 3 heterocycles. The van der Waals surface area contributed by atoms with Gasteiger partial charge in [-0.1, -0.05) is 6.07 Å². The van der Waals surface area contributed by atoms with Crippen LogP contribution in [0.3, 0.4) is 0 Å². The highest BCUT2D eigenvalue weighted by Gasteiger charge is 2.25. The quantitative estimate of drug-likeness (QED) is 0.594. The van der Waals surface area contributed by atoms with Gasteiger partial charge in [0.05, 0.1) is 13.2 Å². The van der Waals surface area contributed by atoms with Gasteiger partial charge in [0.15, 0.2) is 0 Å². The summed E-state index contributed by atoms with van der Waals surface area (Å²) in [6.07, 6.45) is 7.77. The van der Waals surface area contributed by atoms with Crippen LogP contribution >= 0.6 is 0 Å². The fourth-order valence-electron chi connectivity index (χ4n) is 3.92. The van der Waals surface area contributed by atoms with Crippen molar-refractivity contribution in [2.75, 3.05) is 31.2 Å². The Labute approximate surface area is 190 Å². The van der Waals surface area contributed by atoms with Crippen molar-refractivity contribution >= 4 is 11.9 Å². The van der Waals surface area contributed by atoms with Crippen molar-refractivity contribution in [3.63, 3.8) is 0 Å². The first kappa shape index (κ1) is 21.5. The summed E-state index contributed by atoms with van der Waals surface area (Å²) in [4.78, 5) is 24.0. The molecule has 5 rings (SSSR count). The molecule has 0 bridgehead atoms. The number of nitrogens with one attached hydrogen (secondary N) is 1. The molecule has 1 N–H and O–H groups in total. The number of amides is 1.